The van der Waals surface area contributed by atoms with Gasteiger partial charge in [-0.2, -0.15) is 0 Å². The molecule has 1 aromatic carbocycles. The second-order valence-electron chi connectivity index (χ2n) is 3.20. The zero-order chi connectivity index (χ0) is 13.8. The highest BCUT2D eigenvalue weighted by molar-refractivity contribution is 7.89. The molecule has 0 heterocycles. The van der Waals surface area contributed by atoms with Crippen molar-refractivity contribution in [2.45, 2.75) is 4.90 Å². The maximum absolute atomic E-state index is 11.9. The number of hydrogen-bond acceptors (Lipinski definition) is 5. The first-order valence-electron chi connectivity index (χ1n) is 4.80. The van der Waals surface area contributed by atoms with Crippen molar-refractivity contribution in [2.75, 3.05) is 20.8 Å². The second kappa shape index (κ2) is 6.03. The molecule has 0 fully saturated rings. The summed E-state index contributed by atoms with van der Waals surface area (Å²) in [6.45, 7) is -0.496. The van der Waals surface area contributed by atoms with Crippen LogP contribution in [0.5, 0.6) is 11.5 Å². The van der Waals surface area contributed by atoms with Crippen molar-refractivity contribution in [3.8, 4) is 11.5 Å². The molecule has 0 saturated carbocycles. The van der Waals surface area contributed by atoms with E-state index in [1.54, 1.807) is 6.07 Å². The Labute approximate surface area is 110 Å². The average Bonchev–Trinajstić information content (AvgIpc) is 2.35. The highest BCUT2D eigenvalue weighted by Gasteiger charge is 2.20. The number of benzene rings is 1. The normalized spacial score (nSPS) is 11.1. The molecule has 8 heteroatoms. The number of rotatable bonds is 6. The molecular weight excluding hydrogens is 282 g/mol. The Morgan fingerprint density at radius 1 is 1.33 bits per heavy atom. The molecule has 1 aromatic rings. The lowest BCUT2D eigenvalue weighted by molar-refractivity contribution is -0.110. The van der Waals surface area contributed by atoms with Crippen molar-refractivity contribution >= 4 is 26.9 Å². The van der Waals surface area contributed by atoms with Crippen LogP contribution in [-0.2, 0) is 14.8 Å². The molecule has 0 unspecified atom stereocenters. The van der Waals surface area contributed by atoms with E-state index in [1.165, 1.54) is 26.4 Å². The summed E-state index contributed by atoms with van der Waals surface area (Å²) >= 11 is 5.08. The number of nitrogens with one attached hydrogen (secondary N) is 1. The quantitative estimate of drug-likeness (QED) is 0.783. The van der Waals surface area contributed by atoms with Crippen LogP contribution in [0.15, 0.2) is 23.1 Å². The summed E-state index contributed by atoms with van der Waals surface area (Å²) in [4.78, 5) is 10.5. The van der Waals surface area contributed by atoms with E-state index in [9.17, 15) is 13.2 Å². The summed E-state index contributed by atoms with van der Waals surface area (Å²) in [6.07, 6.45) is 0. The van der Waals surface area contributed by atoms with E-state index >= 15 is 0 Å². The van der Waals surface area contributed by atoms with Crippen LogP contribution < -0.4 is 14.2 Å². The van der Waals surface area contributed by atoms with Crippen LogP contribution in [0, 0.1) is 0 Å². The van der Waals surface area contributed by atoms with Gasteiger partial charge in [0.1, 0.15) is 16.4 Å². The lowest BCUT2D eigenvalue weighted by atomic mass is 10.3. The van der Waals surface area contributed by atoms with Crippen LogP contribution >= 0.6 is 11.6 Å². The SMILES string of the molecule is COc1ccc(OC)c(S(=O)(=O)NCC(=O)Cl)c1. The summed E-state index contributed by atoms with van der Waals surface area (Å²) in [5.74, 6) is 0.499. The molecule has 1 rings (SSSR count). The first-order chi connectivity index (χ1) is 8.40. The minimum absolute atomic E-state index is 0.123. The van der Waals surface area contributed by atoms with Gasteiger partial charge < -0.3 is 9.47 Å². The molecule has 1 N–H and O–H groups in total. The van der Waals surface area contributed by atoms with Crippen LogP contribution in [-0.4, -0.2) is 34.4 Å². The number of methoxy groups -OCH3 is 2. The van der Waals surface area contributed by atoms with Crippen molar-refractivity contribution in [3.05, 3.63) is 18.2 Å². The molecule has 0 atom stereocenters. The lowest BCUT2D eigenvalue weighted by Gasteiger charge is -2.11. The highest BCUT2D eigenvalue weighted by atomic mass is 35.5. The molecule has 0 spiro atoms. The number of hydrogen-bond donors (Lipinski definition) is 1. The molecule has 0 saturated heterocycles. The zero-order valence-electron chi connectivity index (χ0n) is 9.77. The summed E-state index contributed by atoms with van der Waals surface area (Å²) in [5, 5.41) is -0.805. The molecular formula is C10H12ClNO5S. The van der Waals surface area contributed by atoms with E-state index in [0.29, 0.717) is 5.75 Å². The molecule has 0 aliphatic heterocycles. The van der Waals surface area contributed by atoms with E-state index < -0.39 is 21.8 Å². The Morgan fingerprint density at radius 3 is 2.50 bits per heavy atom. The van der Waals surface area contributed by atoms with Crippen LogP contribution in [0.4, 0.5) is 0 Å². The van der Waals surface area contributed by atoms with Gasteiger partial charge in [-0.3, -0.25) is 4.79 Å². The molecule has 0 amide bonds. The number of carbonyl (C=O) groups excluding carboxylic acids is 1. The minimum atomic E-state index is -3.89. The Morgan fingerprint density at radius 2 is 2.00 bits per heavy atom. The van der Waals surface area contributed by atoms with Gasteiger partial charge in [0.2, 0.25) is 15.3 Å². The van der Waals surface area contributed by atoms with E-state index in [-0.39, 0.29) is 10.6 Å². The largest absolute Gasteiger partial charge is 0.497 e. The van der Waals surface area contributed by atoms with Crippen LogP contribution in [0.2, 0.25) is 0 Å². The molecule has 0 aliphatic rings. The third-order valence-corrected chi connectivity index (χ3v) is 3.62. The number of sulfonamides is 1. The number of halogens is 1. The van der Waals surface area contributed by atoms with Gasteiger partial charge in [-0.25, -0.2) is 13.1 Å². The third kappa shape index (κ3) is 3.59. The van der Waals surface area contributed by atoms with Gasteiger partial charge >= 0.3 is 0 Å². The van der Waals surface area contributed by atoms with E-state index in [1.807, 2.05) is 0 Å². The van der Waals surface area contributed by atoms with Crippen molar-refractivity contribution in [1.82, 2.24) is 4.72 Å². The van der Waals surface area contributed by atoms with Crippen LogP contribution in [0.25, 0.3) is 0 Å². The molecule has 0 bridgehead atoms. The smallest absolute Gasteiger partial charge is 0.244 e. The van der Waals surface area contributed by atoms with Crippen molar-refractivity contribution < 1.29 is 22.7 Å². The summed E-state index contributed by atoms with van der Waals surface area (Å²) in [6, 6.07) is 4.31. The van der Waals surface area contributed by atoms with Gasteiger partial charge in [0.15, 0.2) is 0 Å². The van der Waals surface area contributed by atoms with Gasteiger partial charge in [-0.1, -0.05) is 0 Å². The molecule has 18 heavy (non-hydrogen) atoms. The molecule has 0 radical (unpaired) electrons. The fourth-order valence-corrected chi connectivity index (χ4v) is 2.53. The fourth-order valence-electron chi connectivity index (χ4n) is 1.22. The first kappa shape index (κ1) is 14.7. The van der Waals surface area contributed by atoms with Crippen molar-refractivity contribution in [1.29, 1.82) is 0 Å². The maximum atomic E-state index is 11.9. The zero-order valence-corrected chi connectivity index (χ0v) is 11.3. The van der Waals surface area contributed by atoms with E-state index in [4.69, 9.17) is 21.1 Å². The number of carbonyl (C=O) groups is 1. The maximum Gasteiger partial charge on any atom is 0.244 e. The number of ether oxygens (including phenoxy) is 2. The molecule has 0 aliphatic carbocycles. The van der Waals surface area contributed by atoms with Crippen molar-refractivity contribution in [3.63, 3.8) is 0 Å². The Kier molecular flexibility index (Phi) is 4.94. The van der Waals surface area contributed by atoms with Crippen molar-refractivity contribution in [2.24, 2.45) is 0 Å². The first-order valence-corrected chi connectivity index (χ1v) is 6.67. The highest BCUT2D eigenvalue weighted by Crippen LogP contribution is 2.27. The van der Waals surface area contributed by atoms with E-state index in [2.05, 4.69) is 4.72 Å². The van der Waals surface area contributed by atoms with Crippen LogP contribution in [0.1, 0.15) is 0 Å². The predicted molar refractivity (Wildman–Crippen MR) is 65.6 cm³/mol. The summed E-state index contributed by atoms with van der Waals surface area (Å²) in [7, 11) is -1.14. The average molecular weight is 294 g/mol. The molecule has 0 aromatic heterocycles. The predicted octanol–water partition coefficient (Wildman–Crippen LogP) is 0.748. The van der Waals surface area contributed by atoms with Gasteiger partial charge in [0.05, 0.1) is 20.8 Å². The second-order valence-corrected chi connectivity index (χ2v) is 5.35. The van der Waals surface area contributed by atoms with Gasteiger partial charge in [0.25, 0.3) is 0 Å². The summed E-state index contributed by atoms with van der Waals surface area (Å²) < 4.78 is 35.8. The van der Waals surface area contributed by atoms with Gasteiger partial charge in [-0.05, 0) is 23.7 Å². The standard InChI is InChI=1S/C10H12ClNO5S/c1-16-7-3-4-8(17-2)9(5-7)18(14,15)12-6-10(11)13/h3-5,12H,6H2,1-2H3. The van der Waals surface area contributed by atoms with Gasteiger partial charge in [-0.15, -0.1) is 0 Å². The van der Waals surface area contributed by atoms with E-state index in [0.717, 1.165) is 0 Å². The fraction of sp³-hybridized carbons (Fsp3) is 0.300. The third-order valence-electron chi connectivity index (χ3n) is 2.06. The molecule has 100 valence electrons. The monoisotopic (exact) mass is 293 g/mol. The Bertz CT molecular complexity index is 543. The summed E-state index contributed by atoms with van der Waals surface area (Å²) in [5.41, 5.74) is 0. The lowest BCUT2D eigenvalue weighted by Crippen LogP contribution is -2.28. The topological polar surface area (TPSA) is 81.7 Å². The minimum Gasteiger partial charge on any atom is -0.497 e. The van der Waals surface area contributed by atoms with Gasteiger partial charge in [0, 0.05) is 6.07 Å². The van der Waals surface area contributed by atoms with Crippen LogP contribution in [0.3, 0.4) is 0 Å². The Balaban J connectivity index is 3.16. The molecule has 6 nitrogen and oxygen atoms in total. The Hall–Kier alpha value is -1.31.